The summed E-state index contributed by atoms with van der Waals surface area (Å²) in [5, 5.41) is 0. The van der Waals surface area contributed by atoms with Crippen LogP contribution in [0.25, 0.3) is 0 Å². The van der Waals surface area contributed by atoms with Crippen LogP contribution in [0.4, 0.5) is 0 Å². The van der Waals surface area contributed by atoms with Crippen molar-refractivity contribution in [1.29, 1.82) is 0 Å². The molecule has 1 aliphatic rings. The molecule has 0 bridgehead atoms. The van der Waals surface area contributed by atoms with Gasteiger partial charge in [-0.2, -0.15) is 0 Å². The average Bonchev–Trinajstić information content (AvgIpc) is 3.02. The molecule has 0 fully saturated rings. The number of rotatable bonds is 8. The van der Waals surface area contributed by atoms with Gasteiger partial charge >= 0.3 is 0 Å². The largest absolute Gasteiger partial charge is 0.292 e. The van der Waals surface area contributed by atoms with Crippen molar-refractivity contribution in [3.63, 3.8) is 0 Å². The highest BCUT2D eigenvalue weighted by Gasteiger charge is 2.27. The average molecular weight is 373 g/mol. The van der Waals surface area contributed by atoms with Crippen LogP contribution < -0.4 is 4.72 Å². The summed E-state index contributed by atoms with van der Waals surface area (Å²) in [6.07, 6.45) is 4.26. The summed E-state index contributed by atoms with van der Waals surface area (Å²) in [4.78, 5) is 2.50. The Morgan fingerprint density at radius 3 is 2.58 bits per heavy atom. The van der Waals surface area contributed by atoms with Crippen molar-refractivity contribution in [2.24, 2.45) is 0 Å². The quantitative estimate of drug-likeness (QED) is 0.722. The number of sulfonamides is 1. The van der Waals surface area contributed by atoms with E-state index in [1.807, 2.05) is 0 Å². The molecule has 0 amide bonds. The van der Waals surface area contributed by atoms with Crippen molar-refractivity contribution < 1.29 is 8.42 Å². The predicted octanol–water partition coefficient (Wildman–Crippen LogP) is 3.42. The molecule has 0 aromatic heterocycles. The fourth-order valence-corrected chi connectivity index (χ4v) is 4.24. The van der Waals surface area contributed by atoms with Gasteiger partial charge < -0.3 is 0 Å². The molecule has 1 atom stereocenters. The summed E-state index contributed by atoms with van der Waals surface area (Å²) < 4.78 is 25.2. The number of nitrogens with zero attached hydrogens (tertiary/aromatic N) is 1. The van der Waals surface area contributed by atoms with Crippen molar-refractivity contribution in [1.82, 2.24) is 9.62 Å². The topological polar surface area (TPSA) is 49.4 Å². The lowest BCUT2D eigenvalue weighted by Crippen LogP contribution is -2.31. The van der Waals surface area contributed by atoms with Crippen molar-refractivity contribution in [3.05, 3.63) is 70.8 Å². The number of hydrogen-bond acceptors (Lipinski definition) is 3. The number of aryl methyl sites for hydroxylation is 2. The Kier molecular flexibility index (Phi) is 6.12. The van der Waals surface area contributed by atoms with Crippen LogP contribution >= 0.6 is 0 Å². The smallest absolute Gasteiger partial charge is 0.208 e. The molecule has 2 aromatic carbocycles. The number of fused-ring (bicyclic) bond motifs is 1. The molecule has 0 saturated heterocycles. The first-order chi connectivity index (χ1) is 12.4. The molecule has 0 spiro atoms. The normalized spacial score (nSPS) is 16.8. The van der Waals surface area contributed by atoms with E-state index in [0.717, 1.165) is 32.4 Å². The monoisotopic (exact) mass is 372 g/mol. The third kappa shape index (κ3) is 5.16. The summed E-state index contributed by atoms with van der Waals surface area (Å²) in [6, 6.07) is 17.8. The standard InChI is InChI=1S/C21H28N2O2S/c1-17-8-10-18(11-9-17)16-23(15-5-14-22-26(2,24)25)21-13-12-19-6-3-4-7-20(19)21/h3-4,6-11,21-22H,5,12-16H2,1-2H3. The molecule has 1 unspecified atom stereocenters. The molecular formula is C21H28N2O2S. The SMILES string of the molecule is Cc1ccc(CN(CCCNS(C)(=O)=O)C2CCc3ccccc32)cc1. The van der Waals surface area contributed by atoms with Gasteiger partial charge in [0, 0.05) is 25.7 Å². The van der Waals surface area contributed by atoms with Crippen LogP contribution in [0.15, 0.2) is 48.5 Å². The van der Waals surface area contributed by atoms with Gasteiger partial charge in [0.1, 0.15) is 0 Å². The van der Waals surface area contributed by atoms with Gasteiger partial charge in [0.2, 0.25) is 10.0 Å². The highest BCUT2D eigenvalue weighted by atomic mass is 32.2. The molecule has 1 aliphatic carbocycles. The Hall–Kier alpha value is -1.69. The summed E-state index contributed by atoms with van der Waals surface area (Å²) in [5.41, 5.74) is 5.44. The number of benzene rings is 2. The van der Waals surface area contributed by atoms with Crippen molar-refractivity contribution in [3.8, 4) is 0 Å². The van der Waals surface area contributed by atoms with Crippen LogP contribution in [0.5, 0.6) is 0 Å². The third-order valence-electron chi connectivity index (χ3n) is 5.03. The van der Waals surface area contributed by atoms with Crippen molar-refractivity contribution >= 4 is 10.0 Å². The Labute approximate surface area is 157 Å². The second-order valence-electron chi connectivity index (χ2n) is 7.23. The minimum absolute atomic E-state index is 0.408. The van der Waals surface area contributed by atoms with Gasteiger partial charge in [0.05, 0.1) is 6.26 Å². The Balaban J connectivity index is 1.72. The van der Waals surface area contributed by atoms with Crippen LogP contribution in [0.1, 0.15) is 41.1 Å². The molecule has 5 heteroatoms. The second-order valence-corrected chi connectivity index (χ2v) is 9.06. The zero-order chi connectivity index (χ0) is 18.6. The maximum absolute atomic E-state index is 11.3. The molecule has 1 N–H and O–H groups in total. The van der Waals surface area contributed by atoms with Crippen LogP contribution in [0.2, 0.25) is 0 Å². The Morgan fingerprint density at radius 1 is 1.12 bits per heavy atom. The molecule has 4 nitrogen and oxygen atoms in total. The predicted molar refractivity (Wildman–Crippen MR) is 107 cm³/mol. The zero-order valence-electron chi connectivity index (χ0n) is 15.6. The Morgan fingerprint density at radius 2 is 1.85 bits per heavy atom. The molecular weight excluding hydrogens is 344 g/mol. The van der Waals surface area contributed by atoms with Crippen molar-refractivity contribution in [2.75, 3.05) is 19.3 Å². The van der Waals surface area contributed by atoms with Gasteiger partial charge in [-0.15, -0.1) is 0 Å². The van der Waals surface area contributed by atoms with Crippen LogP contribution in [0.3, 0.4) is 0 Å². The second kappa shape index (κ2) is 8.33. The fourth-order valence-electron chi connectivity index (χ4n) is 3.73. The number of nitrogens with one attached hydrogen (secondary N) is 1. The van der Waals surface area contributed by atoms with E-state index < -0.39 is 10.0 Å². The maximum Gasteiger partial charge on any atom is 0.208 e. The molecule has 0 heterocycles. The fraction of sp³-hybridized carbons (Fsp3) is 0.429. The molecule has 0 aliphatic heterocycles. The molecule has 0 saturated carbocycles. The minimum Gasteiger partial charge on any atom is -0.292 e. The van der Waals surface area contributed by atoms with Gasteiger partial charge in [-0.3, -0.25) is 4.90 Å². The first-order valence-electron chi connectivity index (χ1n) is 9.24. The van der Waals surface area contributed by atoms with Gasteiger partial charge in [-0.25, -0.2) is 13.1 Å². The lowest BCUT2D eigenvalue weighted by Gasteiger charge is -2.30. The zero-order valence-corrected chi connectivity index (χ0v) is 16.4. The minimum atomic E-state index is -3.12. The molecule has 140 valence electrons. The van der Waals surface area contributed by atoms with Crippen LogP contribution in [-0.4, -0.2) is 32.7 Å². The summed E-state index contributed by atoms with van der Waals surface area (Å²) in [6.45, 7) is 4.34. The van der Waals surface area contributed by atoms with Gasteiger partial charge in [-0.05, 0) is 42.9 Å². The van der Waals surface area contributed by atoms with Crippen molar-refractivity contribution in [2.45, 2.75) is 38.8 Å². The van der Waals surface area contributed by atoms with Gasteiger partial charge in [0.25, 0.3) is 0 Å². The highest BCUT2D eigenvalue weighted by Crippen LogP contribution is 2.36. The molecule has 0 radical (unpaired) electrons. The van der Waals surface area contributed by atoms with E-state index in [9.17, 15) is 8.42 Å². The lowest BCUT2D eigenvalue weighted by molar-refractivity contribution is 0.186. The first-order valence-corrected chi connectivity index (χ1v) is 11.1. The third-order valence-corrected chi connectivity index (χ3v) is 5.76. The highest BCUT2D eigenvalue weighted by molar-refractivity contribution is 7.88. The molecule has 26 heavy (non-hydrogen) atoms. The summed E-state index contributed by atoms with van der Waals surface area (Å²) >= 11 is 0. The summed E-state index contributed by atoms with van der Waals surface area (Å²) in [7, 11) is -3.12. The van der Waals surface area contributed by atoms with Gasteiger partial charge in [0.15, 0.2) is 0 Å². The van der Waals surface area contributed by atoms with Gasteiger partial charge in [-0.1, -0.05) is 54.1 Å². The summed E-state index contributed by atoms with van der Waals surface area (Å²) in [5.74, 6) is 0. The first kappa shape index (κ1) is 19.1. The Bertz CT molecular complexity index is 831. The van der Waals surface area contributed by atoms with E-state index in [2.05, 4.69) is 65.1 Å². The molecule has 3 rings (SSSR count). The van der Waals surface area contributed by atoms with E-state index in [4.69, 9.17) is 0 Å². The maximum atomic E-state index is 11.3. The number of hydrogen-bond donors (Lipinski definition) is 1. The van der Waals surface area contributed by atoms with E-state index in [-0.39, 0.29) is 0 Å². The van der Waals surface area contributed by atoms with E-state index in [1.165, 1.54) is 28.5 Å². The van der Waals surface area contributed by atoms with E-state index in [0.29, 0.717) is 12.6 Å². The lowest BCUT2D eigenvalue weighted by atomic mass is 10.1. The van der Waals surface area contributed by atoms with E-state index >= 15 is 0 Å². The molecule has 2 aromatic rings. The van der Waals surface area contributed by atoms with E-state index in [1.54, 1.807) is 0 Å². The van der Waals surface area contributed by atoms with Crippen LogP contribution in [-0.2, 0) is 23.0 Å². The van der Waals surface area contributed by atoms with Crippen LogP contribution in [0, 0.1) is 6.92 Å².